The van der Waals surface area contributed by atoms with Gasteiger partial charge in [-0.3, -0.25) is 4.79 Å². The predicted octanol–water partition coefficient (Wildman–Crippen LogP) is 2.62. The highest BCUT2D eigenvalue weighted by Crippen LogP contribution is 2.28. The standard InChI is InChI=1S/C15H20O4S/c1-19-14-9-5-6-10-15(14)20(17,18)11-13(16)12-7-3-2-4-8-12/h5-6,9-10,12H,2-4,7-8,11H2,1H3. The summed E-state index contributed by atoms with van der Waals surface area (Å²) >= 11 is 0. The van der Waals surface area contributed by atoms with Crippen LogP contribution in [0.25, 0.3) is 0 Å². The maximum absolute atomic E-state index is 12.4. The molecule has 0 saturated heterocycles. The predicted molar refractivity (Wildman–Crippen MR) is 76.6 cm³/mol. The van der Waals surface area contributed by atoms with Gasteiger partial charge in [-0.25, -0.2) is 8.42 Å². The van der Waals surface area contributed by atoms with Gasteiger partial charge in [0.25, 0.3) is 0 Å². The number of Topliss-reactive ketones (excluding diaryl/α,β-unsaturated/α-hetero) is 1. The lowest BCUT2D eigenvalue weighted by atomic mass is 9.87. The van der Waals surface area contributed by atoms with Gasteiger partial charge >= 0.3 is 0 Å². The summed E-state index contributed by atoms with van der Waals surface area (Å²) < 4.78 is 29.8. The van der Waals surface area contributed by atoms with Crippen LogP contribution in [0.4, 0.5) is 0 Å². The van der Waals surface area contributed by atoms with Crippen LogP contribution in [-0.4, -0.2) is 27.1 Å². The van der Waals surface area contributed by atoms with E-state index < -0.39 is 15.6 Å². The van der Waals surface area contributed by atoms with E-state index in [0.717, 1.165) is 32.1 Å². The lowest BCUT2D eigenvalue weighted by molar-refractivity contribution is -0.121. The molecule has 20 heavy (non-hydrogen) atoms. The number of ether oxygens (including phenoxy) is 1. The highest BCUT2D eigenvalue weighted by atomic mass is 32.2. The molecule has 0 amide bonds. The fourth-order valence-electron chi connectivity index (χ4n) is 2.68. The van der Waals surface area contributed by atoms with Gasteiger partial charge in [0.1, 0.15) is 16.4 Å². The fraction of sp³-hybridized carbons (Fsp3) is 0.533. The van der Waals surface area contributed by atoms with Crippen LogP contribution in [0, 0.1) is 5.92 Å². The zero-order valence-electron chi connectivity index (χ0n) is 11.7. The molecule has 110 valence electrons. The maximum atomic E-state index is 12.4. The van der Waals surface area contributed by atoms with Gasteiger partial charge in [0, 0.05) is 5.92 Å². The Labute approximate surface area is 120 Å². The molecule has 5 heteroatoms. The van der Waals surface area contributed by atoms with E-state index >= 15 is 0 Å². The minimum Gasteiger partial charge on any atom is -0.495 e. The molecule has 0 radical (unpaired) electrons. The molecule has 0 aromatic heterocycles. The van der Waals surface area contributed by atoms with Crippen molar-refractivity contribution in [2.45, 2.75) is 37.0 Å². The number of sulfone groups is 1. The second-order valence-corrected chi connectivity index (χ2v) is 7.17. The van der Waals surface area contributed by atoms with Crippen LogP contribution < -0.4 is 4.74 Å². The van der Waals surface area contributed by atoms with Gasteiger partial charge in [-0.05, 0) is 25.0 Å². The third-order valence-corrected chi connectivity index (χ3v) is 5.47. The Bertz CT molecular complexity index is 571. The molecule has 0 heterocycles. The summed E-state index contributed by atoms with van der Waals surface area (Å²) in [7, 11) is -2.20. The zero-order chi connectivity index (χ0) is 14.6. The van der Waals surface area contributed by atoms with Crippen molar-refractivity contribution in [2.24, 2.45) is 5.92 Å². The molecule has 0 spiro atoms. The number of rotatable bonds is 5. The first kappa shape index (κ1) is 15.0. The smallest absolute Gasteiger partial charge is 0.189 e. The molecule has 1 fully saturated rings. The van der Waals surface area contributed by atoms with Gasteiger partial charge in [0.2, 0.25) is 0 Å². The Morgan fingerprint density at radius 1 is 1.20 bits per heavy atom. The summed E-state index contributed by atoms with van der Waals surface area (Å²) in [5, 5.41) is 0. The quantitative estimate of drug-likeness (QED) is 0.838. The summed E-state index contributed by atoms with van der Waals surface area (Å²) in [6, 6.07) is 6.43. The molecule has 0 N–H and O–H groups in total. The van der Waals surface area contributed by atoms with Crippen molar-refractivity contribution < 1.29 is 17.9 Å². The Kier molecular flexibility index (Phi) is 4.81. The molecule has 4 nitrogen and oxygen atoms in total. The van der Waals surface area contributed by atoms with E-state index in [1.54, 1.807) is 18.2 Å². The molecule has 2 rings (SSSR count). The highest BCUT2D eigenvalue weighted by Gasteiger charge is 2.28. The van der Waals surface area contributed by atoms with Gasteiger partial charge in [0.05, 0.1) is 7.11 Å². The maximum Gasteiger partial charge on any atom is 0.189 e. The number of para-hydroxylation sites is 1. The van der Waals surface area contributed by atoms with Crippen LogP contribution in [0.5, 0.6) is 5.75 Å². The lowest BCUT2D eigenvalue weighted by Gasteiger charge is -2.20. The Balaban J connectivity index is 2.16. The molecule has 0 bridgehead atoms. The minimum atomic E-state index is -3.63. The van der Waals surface area contributed by atoms with Crippen LogP contribution >= 0.6 is 0 Å². The number of methoxy groups -OCH3 is 1. The number of hydrogen-bond acceptors (Lipinski definition) is 4. The van der Waals surface area contributed by atoms with Gasteiger partial charge in [-0.2, -0.15) is 0 Å². The van der Waals surface area contributed by atoms with Gasteiger partial charge in [-0.1, -0.05) is 31.4 Å². The second-order valence-electron chi connectivity index (χ2n) is 5.21. The topological polar surface area (TPSA) is 60.4 Å². The molecule has 1 aromatic rings. The highest BCUT2D eigenvalue weighted by molar-refractivity contribution is 7.92. The average molecular weight is 296 g/mol. The lowest BCUT2D eigenvalue weighted by Crippen LogP contribution is -2.25. The third kappa shape index (κ3) is 3.39. The Hall–Kier alpha value is -1.36. The van der Waals surface area contributed by atoms with E-state index in [0.29, 0.717) is 5.75 Å². The molecule has 0 aliphatic heterocycles. The molecular weight excluding hydrogens is 276 g/mol. The molecule has 0 atom stereocenters. The van der Waals surface area contributed by atoms with Crippen LogP contribution in [0.15, 0.2) is 29.2 Å². The minimum absolute atomic E-state index is 0.0896. The first-order valence-corrected chi connectivity index (χ1v) is 8.58. The van der Waals surface area contributed by atoms with E-state index in [-0.39, 0.29) is 16.6 Å². The van der Waals surface area contributed by atoms with Gasteiger partial charge in [0.15, 0.2) is 15.6 Å². The van der Waals surface area contributed by atoms with Crippen molar-refractivity contribution in [3.8, 4) is 5.75 Å². The van der Waals surface area contributed by atoms with E-state index in [1.807, 2.05) is 0 Å². The van der Waals surface area contributed by atoms with E-state index in [4.69, 9.17) is 4.74 Å². The van der Waals surface area contributed by atoms with E-state index in [1.165, 1.54) is 13.2 Å². The van der Waals surface area contributed by atoms with Gasteiger partial charge < -0.3 is 4.74 Å². The van der Waals surface area contributed by atoms with Crippen molar-refractivity contribution >= 4 is 15.6 Å². The Morgan fingerprint density at radius 2 is 1.85 bits per heavy atom. The zero-order valence-corrected chi connectivity index (χ0v) is 12.5. The summed E-state index contributed by atoms with van der Waals surface area (Å²) in [5.41, 5.74) is 0. The summed E-state index contributed by atoms with van der Waals surface area (Å²) in [6.45, 7) is 0. The van der Waals surface area contributed by atoms with Crippen molar-refractivity contribution in [3.05, 3.63) is 24.3 Å². The summed E-state index contributed by atoms with van der Waals surface area (Å²) in [4.78, 5) is 12.3. The number of carbonyl (C=O) groups is 1. The third-order valence-electron chi connectivity index (χ3n) is 3.80. The SMILES string of the molecule is COc1ccccc1S(=O)(=O)CC(=O)C1CCCCC1. The number of carbonyl (C=O) groups excluding carboxylic acids is 1. The van der Waals surface area contributed by atoms with E-state index in [2.05, 4.69) is 0 Å². The van der Waals surface area contributed by atoms with Crippen LogP contribution in [0.3, 0.4) is 0 Å². The monoisotopic (exact) mass is 296 g/mol. The normalized spacial score (nSPS) is 16.9. The number of benzene rings is 1. The van der Waals surface area contributed by atoms with Crippen molar-refractivity contribution in [3.63, 3.8) is 0 Å². The molecule has 1 aromatic carbocycles. The second kappa shape index (κ2) is 6.39. The summed E-state index contributed by atoms with van der Waals surface area (Å²) in [6.07, 6.45) is 4.82. The van der Waals surface area contributed by atoms with Crippen LogP contribution in [0.1, 0.15) is 32.1 Å². The molecule has 1 aliphatic carbocycles. The van der Waals surface area contributed by atoms with Crippen LogP contribution in [0.2, 0.25) is 0 Å². The van der Waals surface area contributed by atoms with E-state index in [9.17, 15) is 13.2 Å². The molecular formula is C15H20O4S. The first-order chi connectivity index (χ1) is 9.54. The largest absolute Gasteiger partial charge is 0.495 e. The molecule has 0 unspecified atom stereocenters. The Morgan fingerprint density at radius 3 is 2.50 bits per heavy atom. The fourth-order valence-corrected chi connectivity index (χ4v) is 4.19. The number of hydrogen-bond donors (Lipinski definition) is 0. The summed E-state index contributed by atoms with van der Waals surface area (Å²) in [5.74, 6) is -0.370. The first-order valence-electron chi connectivity index (χ1n) is 6.93. The van der Waals surface area contributed by atoms with Crippen molar-refractivity contribution in [1.82, 2.24) is 0 Å². The number of ketones is 1. The molecule has 1 saturated carbocycles. The average Bonchev–Trinajstić information content (AvgIpc) is 2.47. The van der Waals surface area contributed by atoms with Crippen molar-refractivity contribution in [2.75, 3.05) is 12.9 Å². The van der Waals surface area contributed by atoms with Crippen LogP contribution in [-0.2, 0) is 14.6 Å². The van der Waals surface area contributed by atoms with Gasteiger partial charge in [-0.15, -0.1) is 0 Å². The molecule has 1 aliphatic rings. The van der Waals surface area contributed by atoms with Crippen molar-refractivity contribution in [1.29, 1.82) is 0 Å².